The van der Waals surface area contributed by atoms with Gasteiger partial charge in [-0.1, -0.05) is 10.2 Å². The van der Waals surface area contributed by atoms with Gasteiger partial charge in [-0.15, -0.1) is 11.3 Å². The quantitative estimate of drug-likeness (QED) is 0.805. The van der Waals surface area contributed by atoms with Gasteiger partial charge >= 0.3 is 12.0 Å². The fourth-order valence-electron chi connectivity index (χ4n) is 1.05. The van der Waals surface area contributed by atoms with Gasteiger partial charge in [0.1, 0.15) is 0 Å². The number of anilines is 2. The van der Waals surface area contributed by atoms with Crippen LogP contribution in [0.1, 0.15) is 9.75 Å². The molecule has 0 atom stereocenters. The highest BCUT2D eigenvalue weighted by Crippen LogP contribution is 2.16. The fraction of sp³-hybridized carbons (Fsp3) is 0.250. The van der Waals surface area contributed by atoms with Gasteiger partial charge in [-0.25, -0.2) is 0 Å². The molecule has 5 nitrogen and oxygen atoms in total. The maximum absolute atomic E-state index is 5.27. The Balaban J connectivity index is 1.94. The minimum atomic E-state index is 0.0786. The van der Waals surface area contributed by atoms with Crippen LogP contribution in [0.5, 0.6) is 0 Å². The van der Waals surface area contributed by atoms with Gasteiger partial charge in [0.2, 0.25) is 0 Å². The largest absolute Gasteiger partial charge is 0.390 e. The van der Waals surface area contributed by atoms with Gasteiger partial charge in [0.25, 0.3) is 0 Å². The fourth-order valence-corrected chi connectivity index (χ4v) is 1.88. The molecule has 2 aromatic rings. The summed E-state index contributed by atoms with van der Waals surface area (Å²) >= 11 is 1.73. The Morgan fingerprint density at radius 2 is 2.36 bits per heavy atom. The number of hydrogen-bond donors (Lipinski definition) is 2. The molecule has 3 N–H and O–H groups in total. The standard InChI is InChI=1S/C8H10N4OS/c1-5-2-3-6(14-5)4-10-8-12-11-7(9)13-8/h2-3H,4H2,1H3,(H2,9,11)(H,10,12). The Hall–Kier alpha value is -1.56. The summed E-state index contributed by atoms with van der Waals surface area (Å²) in [5.41, 5.74) is 5.27. The molecule has 14 heavy (non-hydrogen) atoms. The molecule has 0 radical (unpaired) electrons. The van der Waals surface area contributed by atoms with Crippen molar-refractivity contribution >= 4 is 23.4 Å². The van der Waals surface area contributed by atoms with Crippen molar-refractivity contribution in [1.29, 1.82) is 0 Å². The molecule has 74 valence electrons. The molecule has 0 fully saturated rings. The third-order valence-corrected chi connectivity index (χ3v) is 2.65. The lowest BCUT2D eigenvalue weighted by atomic mass is 10.4. The first-order chi connectivity index (χ1) is 6.74. The van der Waals surface area contributed by atoms with Crippen LogP contribution in [-0.2, 0) is 6.54 Å². The molecule has 2 rings (SSSR count). The maximum atomic E-state index is 5.27. The van der Waals surface area contributed by atoms with E-state index in [1.54, 1.807) is 11.3 Å². The van der Waals surface area contributed by atoms with Crippen molar-refractivity contribution < 1.29 is 4.42 Å². The minimum Gasteiger partial charge on any atom is -0.390 e. The number of rotatable bonds is 3. The second-order valence-corrected chi connectivity index (χ2v) is 4.18. The Labute approximate surface area is 85.0 Å². The molecule has 0 amide bonds. The first-order valence-corrected chi connectivity index (χ1v) is 4.94. The minimum absolute atomic E-state index is 0.0786. The van der Waals surface area contributed by atoms with E-state index in [0.29, 0.717) is 12.6 Å². The third kappa shape index (κ3) is 2.02. The van der Waals surface area contributed by atoms with Crippen LogP contribution < -0.4 is 11.1 Å². The molecule has 0 aliphatic carbocycles. The molecular formula is C8H10N4OS. The molecule has 0 saturated carbocycles. The Bertz CT molecular complexity index is 382. The number of hydrogen-bond acceptors (Lipinski definition) is 6. The summed E-state index contributed by atoms with van der Waals surface area (Å²) in [4.78, 5) is 2.51. The molecule has 0 aliphatic rings. The summed E-state index contributed by atoms with van der Waals surface area (Å²) in [6.45, 7) is 2.75. The van der Waals surface area contributed by atoms with Gasteiger partial charge in [0.15, 0.2) is 0 Å². The Kier molecular flexibility index (Phi) is 2.36. The Morgan fingerprint density at radius 1 is 1.50 bits per heavy atom. The lowest BCUT2D eigenvalue weighted by molar-refractivity contribution is 0.586. The lowest BCUT2D eigenvalue weighted by Crippen LogP contribution is -1.97. The Morgan fingerprint density at radius 3 is 2.93 bits per heavy atom. The zero-order valence-corrected chi connectivity index (χ0v) is 8.47. The molecule has 0 saturated heterocycles. The molecule has 0 spiro atoms. The van der Waals surface area contributed by atoms with Crippen molar-refractivity contribution in [1.82, 2.24) is 10.2 Å². The summed E-state index contributed by atoms with van der Waals surface area (Å²) < 4.78 is 4.96. The molecule has 0 aromatic carbocycles. The second kappa shape index (κ2) is 3.67. The number of aromatic nitrogens is 2. The van der Waals surface area contributed by atoms with Crippen molar-refractivity contribution in [3.05, 3.63) is 21.9 Å². The van der Waals surface area contributed by atoms with E-state index in [-0.39, 0.29) is 6.01 Å². The molecule has 2 heterocycles. The number of nitrogens with two attached hydrogens (primary N) is 1. The van der Waals surface area contributed by atoms with Gasteiger partial charge in [0.05, 0.1) is 6.54 Å². The monoisotopic (exact) mass is 210 g/mol. The smallest absolute Gasteiger partial charge is 0.317 e. The summed E-state index contributed by atoms with van der Waals surface area (Å²) in [6.07, 6.45) is 0. The lowest BCUT2D eigenvalue weighted by Gasteiger charge is -1.96. The van der Waals surface area contributed by atoms with Crippen LogP contribution in [0, 0.1) is 6.92 Å². The summed E-state index contributed by atoms with van der Waals surface area (Å²) in [5, 5.41) is 10.2. The average molecular weight is 210 g/mol. The van der Waals surface area contributed by atoms with Crippen molar-refractivity contribution in [3.8, 4) is 0 Å². The van der Waals surface area contributed by atoms with Gasteiger partial charge in [-0.2, -0.15) is 0 Å². The van der Waals surface area contributed by atoms with Crippen molar-refractivity contribution in [2.24, 2.45) is 0 Å². The maximum Gasteiger partial charge on any atom is 0.317 e. The number of thiophene rings is 1. The van der Waals surface area contributed by atoms with E-state index in [1.165, 1.54) is 9.75 Å². The molecule has 0 aliphatic heterocycles. The molecule has 6 heteroatoms. The molecular weight excluding hydrogens is 200 g/mol. The van der Waals surface area contributed by atoms with E-state index in [2.05, 4.69) is 34.6 Å². The average Bonchev–Trinajstić information content (AvgIpc) is 2.72. The summed E-state index contributed by atoms with van der Waals surface area (Å²) in [7, 11) is 0. The van der Waals surface area contributed by atoms with E-state index in [9.17, 15) is 0 Å². The van der Waals surface area contributed by atoms with Crippen molar-refractivity contribution in [3.63, 3.8) is 0 Å². The van der Waals surface area contributed by atoms with Crippen molar-refractivity contribution in [2.45, 2.75) is 13.5 Å². The highest BCUT2D eigenvalue weighted by Gasteiger charge is 2.02. The van der Waals surface area contributed by atoms with E-state index >= 15 is 0 Å². The summed E-state index contributed by atoms with van der Waals surface area (Å²) in [6, 6.07) is 4.57. The molecule has 0 bridgehead atoms. The van der Waals surface area contributed by atoms with Crippen LogP contribution in [0.4, 0.5) is 12.0 Å². The van der Waals surface area contributed by atoms with Crippen LogP contribution in [0.2, 0.25) is 0 Å². The summed E-state index contributed by atoms with van der Waals surface area (Å²) in [5.74, 6) is 0. The normalized spacial score (nSPS) is 10.4. The van der Waals surface area contributed by atoms with E-state index < -0.39 is 0 Å². The molecule has 0 unspecified atom stereocenters. The van der Waals surface area contributed by atoms with E-state index in [4.69, 9.17) is 10.2 Å². The first-order valence-electron chi connectivity index (χ1n) is 4.12. The van der Waals surface area contributed by atoms with Crippen LogP contribution in [-0.4, -0.2) is 10.2 Å². The second-order valence-electron chi connectivity index (χ2n) is 2.81. The van der Waals surface area contributed by atoms with Crippen molar-refractivity contribution in [2.75, 3.05) is 11.1 Å². The van der Waals surface area contributed by atoms with Gasteiger partial charge in [-0.3, -0.25) is 0 Å². The first kappa shape index (κ1) is 9.01. The third-order valence-electron chi connectivity index (χ3n) is 1.65. The number of nitrogens with one attached hydrogen (secondary N) is 1. The predicted octanol–water partition coefficient (Wildman–Crippen LogP) is 1.63. The zero-order chi connectivity index (χ0) is 9.97. The SMILES string of the molecule is Cc1ccc(CNc2nnc(N)o2)s1. The van der Waals surface area contributed by atoms with Crippen LogP contribution >= 0.6 is 11.3 Å². The van der Waals surface area contributed by atoms with Gasteiger partial charge in [0, 0.05) is 9.75 Å². The highest BCUT2D eigenvalue weighted by atomic mass is 32.1. The van der Waals surface area contributed by atoms with E-state index in [1.807, 2.05) is 0 Å². The van der Waals surface area contributed by atoms with E-state index in [0.717, 1.165) is 0 Å². The number of aryl methyl sites for hydroxylation is 1. The van der Waals surface area contributed by atoms with Gasteiger partial charge < -0.3 is 15.5 Å². The van der Waals surface area contributed by atoms with Crippen LogP contribution in [0.25, 0.3) is 0 Å². The van der Waals surface area contributed by atoms with Crippen LogP contribution in [0.15, 0.2) is 16.5 Å². The zero-order valence-electron chi connectivity index (χ0n) is 7.65. The number of nitrogen functional groups attached to an aromatic ring is 1. The van der Waals surface area contributed by atoms with Gasteiger partial charge in [-0.05, 0) is 19.1 Å². The predicted molar refractivity (Wildman–Crippen MR) is 55.1 cm³/mol. The molecule has 2 aromatic heterocycles. The highest BCUT2D eigenvalue weighted by molar-refractivity contribution is 7.11. The topological polar surface area (TPSA) is 77.0 Å². The number of nitrogens with zero attached hydrogens (tertiary/aromatic N) is 2. The van der Waals surface area contributed by atoms with Crippen LogP contribution in [0.3, 0.4) is 0 Å².